The van der Waals surface area contributed by atoms with Crippen LogP contribution in [0.4, 0.5) is 0 Å². The van der Waals surface area contributed by atoms with Crippen molar-refractivity contribution in [2.45, 2.75) is 116 Å². The quantitative estimate of drug-likeness (QED) is 0.342. The lowest BCUT2D eigenvalue weighted by molar-refractivity contribution is 0.308. The van der Waals surface area contributed by atoms with Gasteiger partial charge in [-0.1, -0.05) is 71.1 Å². The molecule has 1 aromatic rings. The number of ether oxygens (including phenoxy) is 1. The molecule has 0 N–H and O–H groups in total. The van der Waals surface area contributed by atoms with Crippen molar-refractivity contribution in [3.63, 3.8) is 0 Å². The van der Waals surface area contributed by atoms with Gasteiger partial charge in [0.2, 0.25) is 0 Å². The molecule has 0 spiro atoms. The summed E-state index contributed by atoms with van der Waals surface area (Å²) in [5.74, 6) is 0. The highest BCUT2D eigenvalue weighted by Crippen LogP contribution is 2.35. The lowest BCUT2D eigenvalue weighted by Crippen LogP contribution is -2.13. The van der Waals surface area contributed by atoms with E-state index in [9.17, 15) is 0 Å². The third-order valence-corrected chi connectivity index (χ3v) is 5.11. The van der Waals surface area contributed by atoms with E-state index in [-0.39, 0.29) is 11.7 Å². The third-order valence-electron chi connectivity index (χ3n) is 5.11. The first kappa shape index (κ1) is 19.4. The number of aromatic nitrogens is 3. The Morgan fingerprint density at radius 3 is 2.04 bits per heavy atom. The molecule has 1 aliphatic heterocycles. The average molecular weight is 336 g/mol. The van der Waals surface area contributed by atoms with Gasteiger partial charge < -0.3 is 4.74 Å². The summed E-state index contributed by atoms with van der Waals surface area (Å²) in [6.45, 7) is 7.30. The monoisotopic (exact) mass is 335 g/mol. The molecular weight excluding hydrogens is 298 g/mol. The maximum atomic E-state index is 5.59. The first-order valence-corrected chi connectivity index (χ1v) is 10.2. The minimum absolute atomic E-state index is 0.0177. The standard InChI is InChI=1S/C20H37N3O/c1-4-5-6-7-8-9-10-11-12-13-14-15-18-16-21-23(22-18)17-19-20(2,3)24-19/h16,19H,4-15,17H2,1-3H3. The van der Waals surface area contributed by atoms with Gasteiger partial charge in [0.1, 0.15) is 6.10 Å². The molecule has 1 atom stereocenters. The number of rotatable bonds is 14. The van der Waals surface area contributed by atoms with E-state index in [1.54, 1.807) is 4.80 Å². The van der Waals surface area contributed by atoms with Gasteiger partial charge in [-0.25, -0.2) is 0 Å². The van der Waals surface area contributed by atoms with Crippen molar-refractivity contribution in [1.29, 1.82) is 0 Å². The van der Waals surface area contributed by atoms with Crippen molar-refractivity contribution in [3.05, 3.63) is 11.9 Å². The molecule has 1 aromatic heterocycles. The van der Waals surface area contributed by atoms with Gasteiger partial charge >= 0.3 is 0 Å². The summed E-state index contributed by atoms with van der Waals surface area (Å²) >= 11 is 0. The SMILES string of the molecule is CCCCCCCCCCCCCc1cnn(CC2OC2(C)C)n1. The topological polar surface area (TPSA) is 43.2 Å². The summed E-state index contributed by atoms with van der Waals surface area (Å²) in [4.78, 5) is 1.80. The molecule has 0 bridgehead atoms. The third kappa shape index (κ3) is 7.33. The fourth-order valence-corrected chi connectivity index (χ4v) is 3.24. The van der Waals surface area contributed by atoms with E-state index in [1.807, 2.05) is 6.20 Å². The lowest BCUT2D eigenvalue weighted by atomic mass is 10.0. The second-order valence-electron chi connectivity index (χ2n) is 7.89. The van der Waals surface area contributed by atoms with Gasteiger partial charge in [0.25, 0.3) is 0 Å². The number of aryl methyl sites for hydroxylation is 1. The highest BCUT2D eigenvalue weighted by atomic mass is 16.6. The fourth-order valence-electron chi connectivity index (χ4n) is 3.24. The molecule has 138 valence electrons. The van der Waals surface area contributed by atoms with Crippen LogP contribution < -0.4 is 0 Å². The van der Waals surface area contributed by atoms with Crippen molar-refractivity contribution in [3.8, 4) is 0 Å². The van der Waals surface area contributed by atoms with Crippen LogP contribution in [0.2, 0.25) is 0 Å². The van der Waals surface area contributed by atoms with E-state index in [2.05, 4.69) is 31.0 Å². The van der Waals surface area contributed by atoms with Gasteiger partial charge in [-0.15, -0.1) is 0 Å². The first-order chi connectivity index (χ1) is 11.6. The molecule has 2 rings (SSSR count). The van der Waals surface area contributed by atoms with E-state index < -0.39 is 0 Å². The Hall–Kier alpha value is -0.900. The molecule has 24 heavy (non-hydrogen) atoms. The number of epoxide rings is 1. The van der Waals surface area contributed by atoms with Crippen LogP contribution in [0.3, 0.4) is 0 Å². The molecule has 1 aliphatic rings. The van der Waals surface area contributed by atoms with Crippen LogP contribution in [0.25, 0.3) is 0 Å². The fraction of sp³-hybridized carbons (Fsp3) is 0.900. The van der Waals surface area contributed by atoms with Gasteiger partial charge in [0.15, 0.2) is 0 Å². The number of hydrogen-bond donors (Lipinski definition) is 0. The summed E-state index contributed by atoms with van der Waals surface area (Å²) in [5, 5.41) is 8.92. The van der Waals surface area contributed by atoms with Crippen LogP contribution >= 0.6 is 0 Å². The molecule has 1 unspecified atom stereocenters. The lowest BCUT2D eigenvalue weighted by Gasteiger charge is -2.02. The van der Waals surface area contributed by atoms with Gasteiger partial charge in [-0.2, -0.15) is 15.0 Å². The van der Waals surface area contributed by atoms with Crippen LogP contribution in [0.15, 0.2) is 6.20 Å². The predicted molar refractivity (Wildman–Crippen MR) is 99.1 cm³/mol. The van der Waals surface area contributed by atoms with Crippen molar-refractivity contribution in [2.75, 3.05) is 0 Å². The van der Waals surface area contributed by atoms with E-state index in [0.717, 1.165) is 18.7 Å². The smallest absolute Gasteiger partial charge is 0.108 e. The first-order valence-electron chi connectivity index (χ1n) is 10.2. The molecule has 2 heterocycles. The zero-order valence-electron chi connectivity index (χ0n) is 16.1. The van der Waals surface area contributed by atoms with Gasteiger partial charge in [-0.3, -0.25) is 0 Å². The Balaban J connectivity index is 1.42. The van der Waals surface area contributed by atoms with Crippen LogP contribution in [-0.4, -0.2) is 26.7 Å². The second kappa shape index (κ2) is 10.2. The normalized spacial score (nSPS) is 18.9. The largest absolute Gasteiger partial charge is 0.365 e. The second-order valence-corrected chi connectivity index (χ2v) is 7.89. The molecule has 0 aliphatic carbocycles. The molecule has 0 amide bonds. The van der Waals surface area contributed by atoms with Crippen molar-refractivity contribution in [2.24, 2.45) is 0 Å². The number of hydrogen-bond acceptors (Lipinski definition) is 3. The Bertz CT molecular complexity index is 455. The molecule has 0 aromatic carbocycles. The highest BCUT2D eigenvalue weighted by molar-refractivity contribution is 4.96. The predicted octanol–water partition coefficient (Wildman–Crippen LogP) is 5.31. The maximum absolute atomic E-state index is 5.59. The zero-order chi connectivity index (χ0) is 17.3. The molecule has 4 nitrogen and oxygen atoms in total. The number of nitrogens with zero attached hydrogens (tertiary/aromatic N) is 3. The van der Waals surface area contributed by atoms with Crippen LogP contribution in [-0.2, 0) is 17.7 Å². The van der Waals surface area contributed by atoms with Gasteiger partial charge in [0, 0.05) is 0 Å². The average Bonchev–Trinajstić information content (AvgIpc) is 2.94. The molecule has 0 saturated carbocycles. The molecule has 0 radical (unpaired) electrons. The van der Waals surface area contributed by atoms with Crippen molar-refractivity contribution >= 4 is 0 Å². The summed E-state index contributed by atoms with van der Waals surface area (Å²) in [6, 6.07) is 0. The summed E-state index contributed by atoms with van der Waals surface area (Å²) in [6.07, 6.45) is 18.5. The molecular formula is C20H37N3O. The van der Waals surface area contributed by atoms with E-state index >= 15 is 0 Å². The Morgan fingerprint density at radius 1 is 0.958 bits per heavy atom. The minimum atomic E-state index is 0.0177. The Morgan fingerprint density at radius 2 is 1.50 bits per heavy atom. The summed E-state index contributed by atoms with van der Waals surface area (Å²) in [5.41, 5.74) is 1.15. The van der Waals surface area contributed by atoms with Gasteiger partial charge in [-0.05, 0) is 26.7 Å². The highest BCUT2D eigenvalue weighted by Gasteiger charge is 2.48. The van der Waals surface area contributed by atoms with E-state index in [0.29, 0.717) is 0 Å². The molecule has 1 saturated heterocycles. The van der Waals surface area contributed by atoms with E-state index in [4.69, 9.17) is 4.74 Å². The minimum Gasteiger partial charge on any atom is -0.365 e. The maximum Gasteiger partial charge on any atom is 0.108 e. The van der Waals surface area contributed by atoms with Crippen LogP contribution in [0, 0.1) is 0 Å². The Kier molecular flexibility index (Phi) is 8.23. The summed E-state index contributed by atoms with van der Waals surface area (Å²) in [7, 11) is 0. The number of unbranched alkanes of at least 4 members (excludes halogenated alkanes) is 10. The summed E-state index contributed by atoms with van der Waals surface area (Å²) < 4.78 is 5.59. The van der Waals surface area contributed by atoms with Crippen LogP contribution in [0.5, 0.6) is 0 Å². The molecule has 4 heteroatoms. The van der Waals surface area contributed by atoms with Crippen LogP contribution in [0.1, 0.15) is 97.1 Å². The van der Waals surface area contributed by atoms with Gasteiger partial charge in [0.05, 0.1) is 24.0 Å². The Labute approximate surface area is 148 Å². The van der Waals surface area contributed by atoms with Crippen molar-refractivity contribution in [1.82, 2.24) is 15.0 Å². The molecule has 1 fully saturated rings. The van der Waals surface area contributed by atoms with Crippen molar-refractivity contribution < 1.29 is 4.74 Å². The van der Waals surface area contributed by atoms with E-state index in [1.165, 1.54) is 70.6 Å². The zero-order valence-corrected chi connectivity index (χ0v) is 16.1.